The normalized spacial score (nSPS) is 20.7. The number of carbonyl (C=O) groups is 4. The monoisotopic (exact) mass is 514 g/mol. The number of hydrogen-bond donors (Lipinski definition) is 2. The van der Waals surface area contributed by atoms with Crippen molar-refractivity contribution in [3.05, 3.63) is 35.9 Å². The van der Waals surface area contributed by atoms with Crippen molar-refractivity contribution in [3.8, 4) is 0 Å². The number of nitrogens with zero attached hydrogens (tertiary/aromatic N) is 2. The van der Waals surface area contributed by atoms with Crippen LogP contribution in [0.4, 0.5) is 4.79 Å². The van der Waals surface area contributed by atoms with Gasteiger partial charge in [0, 0.05) is 6.54 Å². The van der Waals surface area contributed by atoms with Crippen molar-refractivity contribution < 1.29 is 28.7 Å². The Bertz CT molecular complexity index is 1010. The van der Waals surface area contributed by atoms with Crippen LogP contribution in [0.1, 0.15) is 53.0 Å². The smallest absolute Gasteiger partial charge is 0.408 e. The highest BCUT2D eigenvalue weighted by atomic mass is 16.5. The molecule has 1 aromatic rings. The summed E-state index contributed by atoms with van der Waals surface area (Å²) < 4.78 is 10.7. The van der Waals surface area contributed by atoms with Crippen molar-refractivity contribution in [2.45, 2.75) is 78.2 Å². The summed E-state index contributed by atoms with van der Waals surface area (Å²) in [5.41, 5.74) is 0.832. The molecular formula is C27H38N4O6. The Morgan fingerprint density at radius 2 is 1.73 bits per heavy atom. The third kappa shape index (κ3) is 7.30. The van der Waals surface area contributed by atoms with Gasteiger partial charge in [-0.3, -0.25) is 14.4 Å². The summed E-state index contributed by atoms with van der Waals surface area (Å²) in [5.74, 6) is -1.53. The molecular weight excluding hydrogens is 476 g/mol. The molecule has 1 fully saturated rings. The number of benzene rings is 1. The second-order valence-corrected chi connectivity index (χ2v) is 10.3. The van der Waals surface area contributed by atoms with E-state index in [4.69, 9.17) is 9.47 Å². The van der Waals surface area contributed by atoms with Gasteiger partial charge in [0.1, 0.15) is 25.3 Å². The number of ether oxygens (including phenoxy) is 2. The Balaban J connectivity index is 1.64. The molecule has 37 heavy (non-hydrogen) atoms. The van der Waals surface area contributed by atoms with E-state index in [0.29, 0.717) is 26.0 Å². The lowest BCUT2D eigenvalue weighted by Crippen LogP contribution is -2.57. The van der Waals surface area contributed by atoms with Crippen molar-refractivity contribution in [1.82, 2.24) is 15.5 Å². The molecule has 2 heterocycles. The molecule has 3 amide bonds. The van der Waals surface area contributed by atoms with Crippen molar-refractivity contribution >= 4 is 29.6 Å². The number of ketones is 1. The van der Waals surface area contributed by atoms with Crippen LogP contribution in [0.5, 0.6) is 0 Å². The maximum absolute atomic E-state index is 13.5. The highest BCUT2D eigenvalue weighted by molar-refractivity contribution is 6.39. The number of aliphatic imine (C=N–C) groups is 1. The van der Waals surface area contributed by atoms with Crippen molar-refractivity contribution in [2.75, 3.05) is 13.2 Å². The summed E-state index contributed by atoms with van der Waals surface area (Å²) in [7, 11) is 0. The Labute approximate surface area is 218 Å². The van der Waals surface area contributed by atoms with E-state index in [1.807, 2.05) is 65.0 Å². The molecule has 3 rings (SSSR count). The molecule has 4 atom stereocenters. The van der Waals surface area contributed by atoms with Crippen molar-refractivity contribution in [1.29, 1.82) is 0 Å². The van der Waals surface area contributed by atoms with Gasteiger partial charge in [0.15, 0.2) is 0 Å². The molecule has 10 nitrogen and oxygen atoms in total. The first-order valence-corrected chi connectivity index (χ1v) is 12.9. The lowest BCUT2D eigenvalue weighted by molar-refractivity contribution is -0.141. The molecule has 0 aliphatic carbocycles. The zero-order chi connectivity index (χ0) is 27.1. The van der Waals surface area contributed by atoms with Crippen molar-refractivity contribution in [2.24, 2.45) is 16.8 Å². The fourth-order valence-corrected chi connectivity index (χ4v) is 4.41. The van der Waals surface area contributed by atoms with Crippen LogP contribution in [0.15, 0.2) is 35.3 Å². The maximum Gasteiger partial charge on any atom is 0.408 e. The minimum absolute atomic E-state index is 0.0314. The third-order valence-corrected chi connectivity index (χ3v) is 6.51. The predicted octanol–water partition coefficient (Wildman–Crippen LogP) is 2.46. The van der Waals surface area contributed by atoms with Crippen LogP contribution >= 0.6 is 0 Å². The summed E-state index contributed by atoms with van der Waals surface area (Å²) in [5, 5.41) is 5.50. The van der Waals surface area contributed by atoms with E-state index in [9.17, 15) is 19.2 Å². The molecule has 1 aromatic carbocycles. The predicted molar refractivity (Wildman–Crippen MR) is 138 cm³/mol. The standard InChI is InChI=1S/C27H38N4O6/c1-16(2)21(23(32)25-28-18(5)14-36-25)29-24(33)20-12-9-13-31(20)26(34)22(17(3)4)30-27(35)37-15-19-10-7-6-8-11-19/h6-8,10-11,16-18,20-22H,9,12-15H2,1-5H3,(H,29,33)(H,30,35). The van der Waals surface area contributed by atoms with E-state index >= 15 is 0 Å². The van der Waals surface area contributed by atoms with Gasteiger partial charge in [-0.15, -0.1) is 0 Å². The zero-order valence-corrected chi connectivity index (χ0v) is 22.2. The number of carbonyl (C=O) groups excluding carboxylic acids is 4. The lowest BCUT2D eigenvalue weighted by Gasteiger charge is -2.31. The Kier molecular flexibility index (Phi) is 9.66. The number of amides is 3. The van der Waals surface area contributed by atoms with Gasteiger partial charge >= 0.3 is 6.09 Å². The molecule has 0 saturated carbocycles. The highest BCUT2D eigenvalue weighted by Crippen LogP contribution is 2.21. The van der Waals surface area contributed by atoms with E-state index in [2.05, 4.69) is 15.6 Å². The molecule has 2 N–H and O–H groups in total. The van der Waals surface area contributed by atoms with Gasteiger partial charge < -0.3 is 25.0 Å². The second kappa shape index (κ2) is 12.7. The summed E-state index contributed by atoms with van der Waals surface area (Å²) >= 11 is 0. The van der Waals surface area contributed by atoms with Gasteiger partial charge in [-0.1, -0.05) is 58.0 Å². The number of Topliss-reactive ketones (excluding diaryl/α,β-unsaturated/α-hetero) is 1. The maximum atomic E-state index is 13.5. The van der Waals surface area contributed by atoms with Gasteiger partial charge in [-0.05, 0) is 37.2 Å². The first-order chi connectivity index (χ1) is 17.6. The van der Waals surface area contributed by atoms with Crippen LogP contribution in [0.3, 0.4) is 0 Å². The van der Waals surface area contributed by atoms with Crippen molar-refractivity contribution in [3.63, 3.8) is 0 Å². The number of likely N-dealkylation sites (tertiary alicyclic amines) is 1. The number of rotatable bonds is 10. The SMILES string of the molecule is CC1COC(C(=O)C(NC(=O)C2CCCN2C(=O)C(NC(=O)OCc2ccccc2)C(C)C)C(C)C)=N1. The van der Waals surface area contributed by atoms with Gasteiger partial charge in [0.05, 0.1) is 12.1 Å². The van der Waals surface area contributed by atoms with Crippen LogP contribution in [0.25, 0.3) is 0 Å². The van der Waals surface area contributed by atoms with Crippen LogP contribution in [-0.4, -0.2) is 71.8 Å². The Hall–Kier alpha value is -3.43. The third-order valence-electron chi connectivity index (χ3n) is 6.51. The summed E-state index contributed by atoms with van der Waals surface area (Å²) in [4.78, 5) is 57.9. The molecule has 2 aliphatic rings. The minimum Gasteiger partial charge on any atom is -0.473 e. The van der Waals surface area contributed by atoms with Gasteiger partial charge in [0.2, 0.25) is 17.6 Å². The second-order valence-electron chi connectivity index (χ2n) is 10.3. The minimum atomic E-state index is -0.859. The van der Waals surface area contributed by atoms with E-state index < -0.39 is 30.1 Å². The van der Waals surface area contributed by atoms with Gasteiger partial charge in [-0.2, -0.15) is 0 Å². The quantitative estimate of drug-likeness (QED) is 0.494. The van der Waals surface area contributed by atoms with E-state index in [1.54, 1.807) is 0 Å². The van der Waals surface area contributed by atoms with Gasteiger partial charge in [-0.25, -0.2) is 9.79 Å². The average Bonchev–Trinajstić information content (AvgIpc) is 3.53. The summed E-state index contributed by atoms with van der Waals surface area (Å²) in [6, 6.07) is 6.73. The van der Waals surface area contributed by atoms with Gasteiger partial charge in [0.25, 0.3) is 5.90 Å². The van der Waals surface area contributed by atoms with Crippen LogP contribution in [0, 0.1) is 11.8 Å². The number of hydrogen-bond acceptors (Lipinski definition) is 7. The molecule has 0 aromatic heterocycles. The largest absolute Gasteiger partial charge is 0.473 e. The zero-order valence-electron chi connectivity index (χ0n) is 22.2. The Morgan fingerprint density at radius 1 is 1.05 bits per heavy atom. The molecule has 1 saturated heterocycles. The van der Waals surface area contributed by atoms with E-state index in [-0.39, 0.29) is 42.1 Å². The average molecular weight is 515 g/mol. The first-order valence-electron chi connectivity index (χ1n) is 12.9. The van der Waals surface area contributed by atoms with Crippen LogP contribution in [0.2, 0.25) is 0 Å². The van der Waals surface area contributed by atoms with E-state index in [1.165, 1.54) is 4.90 Å². The number of nitrogens with one attached hydrogen (secondary N) is 2. The number of alkyl carbamates (subject to hydrolysis) is 1. The first kappa shape index (κ1) is 28.1. The molecule has 0 spiro atoms. The molecule has 0 bridgehead atoms. The topological polar surface area (TPSA) is 126 Å². The summed E-state index contributed by atoms with van der Waals surface area (Å²) in [6.07, 6.45) is 0.405. The molecule has 2 aliphatic heterocycles. The highest BCUT2D eigenvalue weighted by Gasteiger charge is 2.41. The fraction of sp³-hybridized carbons (Fsp3) is 0.593. The lowest BCUT2D eigenvalue weighted by atomic mass is 9.98. The summed E-state index contributed by atoms with van der Waals surface area (Å²) in [6.45, 7) is 9.96. The molecule has 0 radical (unpaired) electrons. The Morgan fingerprint density at radius 3 is 2.32 bits per heavy atom. The molecule has 202 valence electrons. The fourth-order valence-electron chi connectivity index (χ4n) is 4.41. The molecule has 4 unspecified atom stereocenters. The van der Waals surface area contributed by atoms with E-state index in [0.717, 1.165) is 5.56 Å². The van der Waals surface area contributed by atoms with Crippen LogP contribution < -0.4 is 10.6 Å². The van der Waals surface area contributed by atoms with Crippen LogP contribution in [-0.2, 0) is 30.5 Å². The molecule has 10 heteroatoms.